The predicted octanol–water partition coefficient (Wildman–Crippen LogP) is 5.60. The lowest BCUT2D eigenvalue weighted by Gasteiger charge is -2.31. The molecular weight excluding hydrogens is 322 g/mol. The fourth-order valence-electron chi connectivity index (χ4n) is 3.49. The predicted molar refractivity (Wildman–Crippen MR) is 107 cm³/mol. The van der Waals surface area contributed by atoms with Crippen LogP contribution in [-0.4, -0.2) is 17.1 Å². The van der Waals surface area contributed by atoms with E-state index in [1.807, 2.05) is 89.8 Å². The number of hydrogen-bond acceptors (Lipinski definition) is 2. The highest BCUT2D eigenvalue weighted by Crippen LogP contribution is 2.37. The van der Waals surface area contributed by atoms with Crippen LogP contribution in [0.4, 0.5) is 11.4 Å². The molecular formula is C23H19NO2. The topological polar surface area (TPSA) is 40.5 Å². The van der Waals surface area contributed by atoms with Gasteiger partial charge in [0.2, 0.25) is 0 Å². The standard InChI is InChI=1S/C23H19NO2/c1-16(23(25)26)24(21-14-6-10-17-8-2-4-12-19(17)21)22-15-7-11-18-9-3-5-13-20(18)22/h2-16H,1H3,(H,25,26)/t16-/m0/s1. The van der Waals surface area contributed by atoms with Crippen molar-refractivity contribution in [3.05, 3.63) is 84.9 Å². The zero-order valence-electron chi connectivity index (χ0n) is 14.5. The molecule has 0 saturated heterocycles. The molecule has 4 aromatic rings. The molecule has 0 radical (unpaired) electrons. The average Bonchev–Trinajstić information content (AvgIpc) is 2.68. The van der Waals surface area contributed by atoms with Crippen molar-refractivity contribution < 1.29 is 9.90 Å². The highest BCUT2D eigenvalue weighted by atomic mass is 16.4. The van der Waals surface area contributed by atoms with E-state index in [9.17, 15) is 9.90 Å². The molecule has 0 aliphatic rings. The van der Waals surface area contributed by atoms with Gasteiger partial charge in [-0.2, -0.15) is 0 Å². The van der Waals surface area contributed by atoms with Gasteiger partial charge in [-0.25, -0.2) is 4.79 Å². The van der Waals surface area contributed by atoms with Gasteiger partial charge in [-0.05, 0) is 29.8 Å². The van der Waals surface area contributed by atoms with Gasteiger partial charge in [0.05, 0.1) is 0 Å². The summed E-state index contributed by atoms with van der Waals surface area (Å²) in [6.07, 6.45) is 0. The third-order valence-corrected chi connectivity index (χ3v) is 4.80. The first-order chi connectivity index (χ1) is 12.7. The Morgan fingerprint density at radius 2 is 1.15 bits per heavy atom. The Hall–Kier alpha value is -3.33. The summed E-state index contributed by atoms with van der Waals surface area (Å²) < 4.78 is 0. The summed E-state index contributed by atoms with van der Waals surface area (Å²) in [4.78, 5) is 13.8. The van der Waals surface area contributed by atoms with Gasteiger partial charge in [-0.1, -0.05) is 72.8 Å². The second-order valence-electron chi connectivity index (χ2n) is 6.38. The first-order valence-electron chi connectivity index (χ1n) is 8.64. The molecule has 26 heavy (non-hydrogen) atoms. The summed E-state index contributed by atoms with van der Waals surface area (Å²) >= 11 is 0. The van der Waals surface area contributed by atoms with E-state index in [4.69, 9.17) is 0 Å². The Morgan fingerprint density at radius 1 is 0.731 bits per heavy atom. The van der Waals surface area contributed by atoms with Crippen LogP contribution in [0.15, 0.2) is 84.9 Å². The van der Waals surface area contributed by atoms with Crippen molar-refractivity contribution in [2.24, 2.45) is 0 Å². The second-order valence-corrected chi connectivity index (χ2v) is 6.38. The van der Waals surface area contributed by atoms with Crippen LogP contribution in [0, 0.1) is 0 Å². The van der Waals surface area contributed by atoms with E-state index in [-0.39, 0.29) is 0 Å². The summed E-state index contributed by atoms with van der Waals surface area (Å²) in [5, 5.41) is 14.0. The van der Waals surface area contributed by atoms with E-state index in [1.54, 1.807) is 6.92 Å². The van der Waals surface area contributed by atoms with Crippen LogP contribution in [0.3, 0.4) is 0 Å². The van der Waals surface area contributed by atoms with Gasteiger partial charge in [-0.3, -0.25) is 0 Å². The molecule has 0 bridgehead atoms. The molecule has 1 atom stereocenters. The zero-order chi connectivity index (χ0) is 18.1. The van der Waals surface area contributed by atoms with Gasteiger partial charge in [0.25, 0.3) is 0 Å². The lowest BCUT2D eigenvalue weighted by molar-refractivity contribution is -0.137. The van der Waals surface area contributed by atoms with Gasteiger partial charge in [0.15, 0.2) is 0 Å². The summed E-state index contributed by atoms with van der Waals surface area (Å²) in [7, 11) is 0. The summed E-state index contributed by atoms with van der Waals surface area (Å²) in [6, 6.07) is 27.5. The second kappa shape index (κ2) is 6.52. The maximum Gasteiger partial charge on any atom is 0.326 e. The molecule has 0 unspecified atom stereocenters. The Bertz CT molecular complexity index is 1010. The van der Waals surface area contributed by atoms with Crippen molar-refractivity contribution in [2.75, 3.05) is 4.90 Å². The highest BCUT2D eigenvalue weighted by molar-refractivity contribution is 6.03. The molecule has 0 aliphatic carbocycles. The Kier molecular flexibility index (Phi) is 4.05. The SMILES string of the molecule is C[C@@H](C(=O)O)N(c1cccc2ccccc12)c1cccc2ccccc12. The molecule has 0 spiro atoms. The number of rotatable bonds is 4. The minimum atomic E-state index is -0.856. The molecule has 4 rings (SSSR count). The third kappa shape index (κ3) is 2.68. The van der Waals surface area contributed by atoms with E-state index in [0.29, 0.717) is 0 Å². The maximum absolute atomic E-state index is 11.9. The summed E-state index contributed by atoms with van der Waals surface area (Å²) in [5.74, 6) is -0.856. The molecule has 3 heteroatoms. The van der Waals surface area contributed by atoms with Crippen LogP contribution in [0.1, 0.15) is 6.92 Å². The van der Waals surface area contributed by atoms with Crippen LogP contribution in [0.2, 0.25) is 0 Å². The fourth-order valence-corrected chi connectivity index (χ4v) is 3.49. The van der Waals surface area contributed by atoms with Gasteiger partial charge in [0, 0.05) is 22.1 Å². The van der Waals surface area contributed by atoms with E-state index in [0.717, 1.165) is 32.9 Å². The lowest BCUT2D eigenvalue weighted by atomic mass is 10.0. The third-order valence-electron chi connectivity index (χ3n) is 4.80. The van der Waals surface area contributed by atoms with Crippen LogP contribution in [0.5, 0.6) is 0 Å². The fraction of sp³-hybridized carbons (Fsp3) is 0.0870. The molecule has 3 nitrogen and oxygen atoms in total. The van der Waals surface area contributed by atoms with E-state index < -0.39 is 12.0 Å². The number of hydrogen-bond donors (Lipinski definition) is 1. The van der Waals surface area contributed by atoms with Crippen LogP contribution >= 0.6 is 0 Å². The number of carbonyl (C=O) groups is 1. The Morgan fingerprint density at radius 3 is 1.62 bits per heavy atom. The molecule has 4 aromatic carbocycles. The number of benzene rings is 4. The monoisotopic (exact) mass is 341 g/mol. The van der Waals surface area contributed by atoms with Crippen molar-refractivity contribution in [3.63, 3.8) is 0 Å². The van der Waals surface area contributed by atoms with E-state index in [2.05, 4.69) is 0 Å². The molecule has 0 fully saturated rings. The van der Waals surface area contributed by atoms with Crippen LogP contribution in [-0.2, 0) is 4.79 Å². The molecule has 0 aromatic heterocycles. The van der Waals surface area contributed by atoms with E-state index >= 15 is 0 Å². The van der Waals surface area contributed by atoms with Crippen molar-refractivity contribution in [2.45, 2.75) is 13.0 Å². The molecule has 0 heterocycles. The van der Waals surface area contributed by atoms with Gasteiger partial charge >= 0.3 is 5.97 Å². The molecule has 0 saturated carbocycles. The number of carboxylic acids is 1. The smallest absolute Gasteiger partial charge is 0.326 e. The van der Waals surface area contributed by atoms with Crippen molar-refractivity contribution in [3.8, 4) is 0 Å². The van der Waals surface area contributed by atoms with Gasteiger partial charge in [-0.15, -0.1) is 0 Å². The minimum Gasteiger partial charge on any atom is -0.480 e. The number of fused-ring (bicyclic) bond motifs is 2. The number of aliphatic carboxylic acids is 1. The van der Waals surface area contributed by atoms with Crippen molar-refractivity contribution >= 4 is 38.9 Å². The van der Waals surface area contributed by atoms with E-state index in [1.165, 1.54) is 0 Å². The molecule has 0 aliphatic heterocycles. The van der Waals surface area contributed by atoms with Crippen molar-refractivity contribution in [1.29, 1.82) is 0 Å². The molecule has 0 amide bonds. The van der Waals surface area contributed by atoms with Gasteiger partial charge in [0.1, 0.15) is 6.04 Å². The number of anilines is 2. The number of carboxylic acid groups (broad SMARTS) is 1. The first kappa shape index (κ1) is 16.2. The quantitative estimate of drug-likeness (QED) is 0.525. The molecule has 1 N–H and O–H groups in total. The number of nitrogens with zero attached hydrogens (tertiary/aromatic N) is 1. The summed E-state index contributed by atoms with van der Waals surface area (Å²) in [6.45, 7) is 1.73. The average molecular weight is 341 g/mol. The first-order valence-corrected chi connectivity index (χ1v) is 8.64. The largest absolute Gasteiger partial charge is 0.480 e. The van der Waals surface area contributed by atoms with Crippen molar-refractivity contribution in [1.82, 2.24) is 0 Å². The lowest BCUT2D eigenvalue weighted by Crippen LogP contribution is -2.35. The molecule has 128 valence electrons. The van der Waals surface area contributed by atoms with Gasteiger partial charge < -0.3 is 10.0 Å². The Labute approximate surface area is 152 Å². The minimum absolute atomic E-state index is 0.702. The summed E-state index contributed by atoms with van der Waals surface area (Å²) in [5.41, 5.74) is 1.80. The maximum atomic E-state index is 11.9. The zero-order valence-corrected chi connectivity index (χ0v) is 14.5. The van der Waals surface area contributed by atoms with Crippen LogP contribution in [0.25, 0.3) is 21.5 Å². The highest BCUT2D eigenvalue weighted by Gasteiger charge is 2.25. The Balaban J connectivity index is 2.03. The van der Waals surface area contributed by atoms with Crippen LogP contribution < -0.4 is 4.90 Å². The normalized spacial score (nSPS) is 12.2.